The van der Waals surface area contributed by atoms with E-state index in [0.717, 1.165) is 5.56 Å². The van der Waals surface area contributed by atoms with E-state index in [1.165, 1.54) is 11.8 Å². The van der Waals surface area contributed by atoms with Crippen LogP contribution in [0.3, 0.4) is 0 Å². The van der Waals surface area contributed by atoms with Gasteiger partial charge in [0.15, 0.2) is 0 Å². The zero-order chi connectivity index (χ0) is 16.6. The Hall–Kier alpha value is -1.27. The van der Waals surface area contributed by atoms with Crippen LogP contribution in [0, 0.1) is 0 Å². The number of halogens is 2. The van der Waals surface area contributed by atoms with Gasteiger partial charge in [-0.1, -0.05) is 47.2 Å². The fraction of sp³-hybridized carbons (Fsp3) is 0.125. The summed E-state index contributed by atoms with van der Waals surface area (Å²) in [4.78, 5) is 14.3. The molecule has 0 radical (unpaired) electrons. The summed E-state index contributed by atoms with van der Waals surface area (Å²) in [7, 11) is 0. The van der Waals surface area contributed by atoms with Crippen molar-refractivity contribution in [1.82, 2.24) is 4.90 Å². The molecule has 1 amide bonds. The molecule has 118 valence electrons. The van der Waals surface area contributed by atoms with Crippen molar-refractivity contribution in [2.75, 3.05) is 6.54 Å². The largest absolute Gasteiger partial charge is 0.457 e. The van der Waals surface area contributed by atoms with Crippen LogP contribution in [-0.2, 0) is 4.79 Å². The molecule has 0 spiro atoms. The molecule has 1 aromatic carbocycles. The number of rotatable bonds is 3. The second-order valence-electron chi connectivity index (χ2n) is 4.76. The number of carbonyl (C=O) groups is 1. The summed E-state index contributed by atoms with van der Waals surface area (Å²) in [6, 6.07) is 8.91. The third-order valence-corrected chi connectivity index (χ3v) is 5.41. The minimum Gasteiger partial charge on any atom is -0.457 e. The second-order valence-corrected chi connectivity index (χ2v) is 7.25. The van der Waals surface area contributed by atoms with Gasteiger partial charge in [0.25, 0.3) is 5.91 Å². The van der Waals surface area contributed by atoms with Crippen molar-refractivity contribution in [3.63, 3.8) is 0 Å². The lowest BCUT2D eigenvalue weighted by atomic mass is 10.2. The molecule has 1 saturated heterocycles. The lowest BCUT2D eigenvalue weighted by Crippen LogP contribution is -2.27. The average Bonchev–Trinajstić information content (AvgIpc) is 3.08. The van der Waals surface area contributed by atoms with E-state index < -0.39 is 0 Å². The number of thioether (sulfide) groups is 1. The fourth-order valence-electron chi connectivity index (χ4n) is 2.14. The molecule has 0 unspecified atom stereocenters. The number of nitrogens with zero attached hydrogens (tertiary/aromatic N) is 1. The highest BCUT2D eigenvalue weighted by Gasteiger charge is 2.30. The molecule has 0 atom stereocenters. The molecule has 3 rings (SSSR count). The van der Waals surface area contributed by atoms with E-state index in [1.54, 1.807) is 29.2 Å². The monoisotopic (exact) mass is 383 g/mol. The molecule has 7 heteroatoms. The SMILES string of the molecule is CCN1C(=O)/C(=C/c2ccc(-c3ccc(Cl)c(Cl)c3)o2)SC1=S. The van der Waals surface area contributed by atoms with Crippen molar-refractivity contribution in [2.45, 2.75) is 6.92 Å². The molecule has 1 fully saturated rings. The summed E-state index contributed by atoms with van der Waals surface area (Å²) in [6.45, 7) is 2.46. The standard InChI is InChI=1S/C16H11Cl2NO2S2/c1-2-19-15(20)14(23-16(19)22)8-10-4-6-13(21-10)9-3-5-11(17)12(18)7-9/h3-8H,2H2,1H3/b14-8-. The molecule has 0 N–H and O–H groups in total. The van der Waals surface area contributed by atoms with Crippen LogP contribution < -0.4 is 0 Å². The highest BCUT2D eigenvalue weighted by Crippen LogP contribution is 2.34. The highest BCUT2D eigenvalue weighted by atomic mass is 35.5. The number of thiocarbonyl (C=S) groups is 1. The lowest BCUT2D eigenvalue weighted by molar-refractivity contribution is -0.121. The van der Waals surface area contributed by atoms with E-state index in [9.17, 15) is 4.79 Å². The van der Waals surface area contributed by atoms with Crippen LogP contribution in [0.1, 0.15) is 12.7 Å². The number of carbonyl (C=O) groups excluding carboxylic acids is 1. The minimum absolute atomic E-state index is 0.0880. The Labute approximate surface area is 153 Å². The summed E-state index contributed by atoms with van der Waals surface area (Å²) in [5.74, 6) is 1.15. The smallest absolute Gasteiger partial charge is 0.266 e. The number of amides is 1. The first-order valence-electron chi connectivity index (χ1n) is 6.80. The summed E-state index contributed by atoms with van der Waals surface area (Å²) in [6.07, 6.45) is 1.70. The Morgan fingerprint density at radius 1 is 1.26 bits per heavy atom. The van der Waals surface area contributed by atoms with E-state index in [1.807, 2.05) is 19.1 Å². The van der Waals surface area contributed by atoms with Crippen molar-refractivity contribution >= 4 is 63.5 Å². The predicted octanol–water partition coefficient (Wildman–Crippen LogP) is 5.47. The number of benzene rings is 1. The summed E-state index contributed by atoms with van der Waals surface area (Å²) >= 11 is 18.4. The number of furan rings is 1. The van der Waals surface area contributed by atoms with Crippen LogP contribution in [0.15, 0.2) is 39.7 Å². The molecule has 3 nitrogen and oxygen atoms in total. The van der Waals surface area contributed by atoms with Crippen molar-refractivity contribution in [3.05, 3.63) is 51.0 Å². The molecular weight excluding hydrogens is 373 g/mol. The molecule has 1 aliphatic rings. The van der Waals surface area contributed by atoms with Gasteiger partial charge in [0, 0.05) is 18.2 Å². The van der Waals surface area contributed by atoms with E-state index in [2.05, 4.69) is 0 Å². The number of hydrogen-bond acceptors (Lipinski definition) is 4. The molecule has 0 aliphatic carbocycles. The van der Waals surface area contributed by atoms with Crippen LogP contribution in [0.4, 0.5) is 0 Å². The molecule has 1 aliphatic heterocycles. The molecule has 2 heterocycles. The normalized spacial score (nSPS) is 16.7. The molecule has 1 aromatic heterocycles. The van der Waals surface area contributed by atoms with Crippen molar-refractivity contribution in [2.24, 2.45) is 0 Å². The van der Waals surface area contributed by atoms with Gasteiger partial charge >= 0.3 is 0 Å². The Balaban J connectivity index is 1.88. The maximum Gasteiger partial charge on any atom is 0.266 e. The Bertz CT molecular complexity index is 829. The number of hydrogen-bond donors (Lipinski definition) is 0. The van der Waals surface area contributed by atoms with E-state index in [0.29, 0.717) is 37.3 Å². The Morgan fingerprint density at radius 2 is 2.04 bits per heavy atom. The van der Waals surface area contributed by atoms with E-state index >= 15 is 0 Å². The van der Waals surface area contributed by atoms with Gasteiger partial charge in [0.2, 0.25) is 0 Å². The first-order valence-corrected chi connectivity index (χ1v) is 8.78. The molecule has 0 bridgehead atoms. The summed E-state index contributed by atoms with van der Waals surface area (Å²) in [5, 5.41) is 0.955. The van der Waals surface area contributed by atoms with Gasteiger partial charge in [0.1, 0.15) is 15.8 Å². The maximum absolute atomic E-state index is 12.2. The van der Waals surface area contributed by atoms with Gasteiger partial charge in [-0.2, -0.15) is 0 Å². The van der Waals surface area contributed by atoms with Crippen molar-refractivity contribution in [3.8, 4) is 11.3 Å². The Morgan fingerprint density at radius 3 is 2.70 bits per heavy atom. The van der Waals surface area contributed by atoms with Crippen LogP contribution in [-0.4, -0.2) is 21.7 Å². The van der Waals surface area contributed by atoms with Gasteiger partial charge in [-0.05, 0) is 37.3 Å². The maximum atomic E-state index is 12.2. The zero-order valence-corrected chi connectivity index (χ0v) is 15.2. The topological polar surface area (TPSA) is 33.5 Å². The van der Waals surface area contributed by atoms with Gasteiger partial charge in [0.05, 0.1) is 15.0 Å². The molecular formula is C16H11Cl2NO2S2. The summed E-state index contributed by atoms with van der Waals surface area (Å²) < 4.78 is 6.34. The van der Waals surface area contributed by atoms with Gasteiger partial charge < -0.3 is 4.42 Å². The Kier molecular flexibility index (Phi) is 4.82. The first-order chi connectivity index (χ1) is 11.0. The van der Waals surface area contributed by atoms with Gasteiger partial charge in [-0.3, -0.25) is 9.69 Å². The van der Waals surface area contributed by atoms with Crippen LogP contribution in [0.25, 0.3) is 17.4 Å². The fourth-order valence-corrected chi connectivity index (χ4v) is 3.80. The predicted molar refractivity (Wildman–Crippen MR) is 99.7 cm³/mol. The molecule has 2 aromatic rings. The van der Waals surface area contributed by atoms with Crippen molar-refractivity contribution < 1.29 is 9.21 Å². The van der Waals surface area contributed by atoms with E-state index in [-0.39, 0.29) is 5.91 Å². The highest BCUT2D eigenvalue weighted by molar-refractivity contribution is 8.26. The van der Waals surface area contributed by atoms with Gasteiger partial charge in [-0.25, -0.2) is 0 Å². The third-order valence-electron chi connectivity index (χ3n) is 3.29. The number of likely N-dealkylation sites (N-methyl/N-ethyl adjacent to an activating group) is 1. The van der Waals surface area contributed by atoms with Crippen LogP contribution >= 0.6 is 47.2 Å². The lowest BCUT2D eigenvalue weighted by Gasteiger charge is -2.09. The quantitative estimate of drug-likeness (QED) is 0.519. The second kappa shape index (κ2) is 6.69. The zero-order valence-electron chi connectivity index (χ0n) is 12.0. The average molecular weight is 384 g/mol. The van der Waals surface area contributed by atoms with E-state index in [4.69, 9.17) is 39.8 Å². The van der Waals surface area contributed by atoms with Gasteiger partial charge in [-0.15, -0.1) is 0 Å². The minimum atomic E-state index is -0.0880. The third kappa shape index (κ3) is 3.33. The molecule has 0 saturated carbocycles. The first kappa shape index (κ1) is 16.6. The summed E-state index contributed by atoms with van der Waals surface area (Å²) in [5.41, 5.74) is 0.820. The van der Waals surface area contributed by atoms with Crippen LogP contribution in [0.2, 0.25) is 10.0 Å². The van der Waals surface area contributed by atoms with Crippen LogP contribution in [0.5, 0.6) is 0 Å². The molecule has 23 heavy (non-hydrogen) atoms. The van der Waals surface area contributed by atoms with Crippen molar-refractivity contribution in [1.29, 1.82) is 0 Å².